The van der Waals surface area contributed by atoms with Gasteiger partial charge in [0.05, 0.1) is 18.7 Å². The maximum atomic E-state index is 5.71. The second-order valence-electron chi connectivity index (χ2n) is 4.36. The highest BCUT2D eigenvalue weighted by Crippen LogP contribution is 2.13. The number of nitrogens with two attached hydrogens (primary N) is 1. The predicted octanol–water partition coefficient (Wildman–Crippen LogP) is 0.278. The summed E-state index contributed by atoms with van der Waals surface area (Å²) in [4.78, 5) is 17.5. The molecule has 0 aliphatic carbocycles. The third-order valence-corrected chi connectivity index (χ3v) is 2.85. The van der Waals surface area contributed by atoms with Gasteiger partial charge in [-0.05, 0) is 0 Å². The number of fused-ring (bicyclic) bond motifs is 1. The molecule has 0 saturated carbocycles. The molecule has 0 unspecified atom stereocenters. The van der Waals surface area contributed by atoms with Crippen LogP contribution >= 0.6 is 0 Å². The van der Waals surface area contributed by atoms with E-state index in [2.05, 4.69) is 19.9 Å². The molecule has 3 N–H and O–H groups in total. The lowest BCUT2D eigenvalue weighted by Crippen LogP contribution is -2.32. The lowest BCUT2D eigenvalue weighted by molar-refractivity contribution is -0.597. The number of nitrogens with zero attached hydrogens (tertiary/aromatic N) is 5. The maximum Gasteiger partial charge on any atom is 0.361 e. The highest BCUT2D eigenvalue weighted by Gasteiger charge is 2.18. The van der Waals surface area contributed by atoms with Crippen molar-refractivity contribution in [3.05, 3.63) is 30.9 Å². The van der Waals surface area contributed by atoms with Crippen LogP contribution in [0.1, 0.15) is 0 Å². The summed E-state index contributed by atoms with van der Waals surface area (Å²) in [5.41, 5.74) is 8.14. The van der Waals surface area contributed by atoms with Crippen LogP contribution in [0.5, 0.6) is 0 Å². The number of imidazole rings is 1. The molecule has 0 aliphatic heterocycles. The average molecular weight is 256 g/mol. The fourth-order valence-electron chi connectivity index (χ4n) is 1.88. The standard InChI is InChI=1S/C12H14N7/c1-18(2)8-3-5-19(6-4-8)11-9-10(15-7-14-9)16-12(13)17-11/h3-7H,1-2H3,(H3,13,14,15,16,17)/q+1. The molecule has 0 saturated heterocycles. The number of nitrogen functional groups attached to an aromatic ring is 1. The third-order valence-electron chi connectivity index (χ3n) is 2.85. The van der Waals surface area contributed by atoms with Crippen molar-refractivity contribution in [2.45, 2.75) is 0 Å². The minimum absolute atomic E-state index is 0.218. The van der Waals surface area contributed by atoms with Crippen molar-refractivity contribution in [2.24, 2.45) is 0 Å². The zero-order valence-corrected chi connectivity index (χ0v) is 10.7. The smallest absolute Gasteiger partial charge is 0.361 e. The van der Waals surface area contributed by atoms with Crippen molar-refractivity contribution >= 4 is 22.8 Å². The molecule has 3 heterocycles. The van der Waals surface area contributed by atoms with E-state index < -0.39 is 0 Å². The lowest BCUT2D eigenvalue weighted by atomic mass is 10.3. The predicted molar refractivity (Wildman–Crippen MR) is 72.0 cm³/mol. The Morgan fingerprint density at radius 2 is 1.95 bits per heavy atom. The number of aromatic amines is 1. The Balaban J connectivity index is 2.15. The van der Waals surface area contributed by atoms with Gasteiger partial charge in [0.2, 0.25) is 5.52 Å². The zero-order valence-electron chi connectivity index (χ0n) is 10.7. The zero-order chi connectivity index (χ0) is 13.4. The molecule has 0 bridgehead atoms. The Morgan fingerprint density at radius 3 is 2.63 bits per heavy atom. The molecular weight excluding hydrogens is 242 g/mol. The summed E-state index contributed by atoms with van der Waals surface area (Å²) < 4.78 is 1.87. The summed E-state index contributed by atoms with van der Waals surface area (Å²) in [6.07, 6.45) is 5.42. The molecule has 0 aliphatic rings. The van der Waals surface area contributed by atoms with Crippen LogP contribution in [0.3, 0.4) is 0 Å². The molecule has 0 fully saturated rings. The Morgan fingerprint density at radius 1 is 1.21 bits per heavy atom. The van der Waals surface area contributed by atoms with Crippen molar-refractivity contribution in [2.75, 3.05) is 24.7 Å². The van der Waals surface area contributed by atoms with Crippen LogP contribution in [0.15, 0.2) is 30.9 Å². The van der Waals surface area contributed by atoms with Gasteiger partial charge in [0.1, 0.15) is 0 Å². The Kier molecular flexibility index (Phi) is 2.52. The summed E-state index contributed by atoms with van der Waals surface area (Å²) >= 11 is 0. The van der Waals surface area contributed by atoms with Gasteiger partial charge in [0.15, 0.2) is 5.65 Å². The molecular formula is C12H14N7+. The molecule has 3 aromatic heterocycles. The van der Waals surface area contributed by atoms with Crippen molar-refractivity contribution in [3.63, 3.8) is 0 Å². The highest BCUT2D eigenvalue weighted by atomic mass is 15.2. The Bertz CT molecular complexity index is 715. The first-order valence-electron chi connectivity index (χ1n) is 5.81. The number of rotatable bonds is 2. The Hall–Kier alpha value is -2.70. The van der Waals surface area contributed by atoms with E-state index >= 15 is 0 Å². The van der Waals surface area contributed by atoms with Gasteiger partial charge in [-0.15, -0.1) is 0 Å². The van der Waals surface area contributed by atoms with Crippen LogP contribution in [0.4, 0.5) is 11.6 Å². The van der Waals surface area contributed by atoms with Crippen LogP contribution in [-0.4, -0.2) is 34.0 Å². The minimum atomic E-state index is 0.218. The van der Waals surface area contributed by atoms with Crippen molar-refractivity contribution < 1.29 is 4.57 Å². The summed E-state index contributed by atoms with van der Waals surface area (Å²) in [5, 5.41) is 0. The SMILES string of the molecule is CN(C)c1cc[n+](-c2nc(N)nc3[nH]cnc23)cc1. The number of H-pyrrole nitrogens is 1. The maximum absolute atomic E-state index is 5.71. The largest absolute Gasteiger partial charge is 0.377 e. The van der Waals surface area contributed by atoms with Crippen LogP contribution in [0.25, 0.3) is 17.0 Å². The topological polar surface area (TPSA) is 87.6 Å². The van der Waals surface area contributed by atoms with E-state index in [0.717, 1.165) is 5.69 Å². The van der Waals surface area contributed by atoms with Gasteiger partial charge >= 0.3 is 11.8 Å². The number of nitrogens with one attached hydrogen (secondary N) is 1. The van der Waals surface area contributed by atoms with Crippen molar-refractivity contribution in [1.82, 2.24) is 19.9 Å². The van der Waals surface area contributed by atoms with Gasteiger partial charge in [-0.1, -0.05) is 0 Å². The van der Waals surface area contributed by atoms with Crippen LogP contribution in [0, 0.1) is 0 Å². The normalized spacial score (nSPS) is 10.8. The second kappa shape index (κ2) is 4.20. The Labute approximate surface area is 109 Å². The highest BCUT2D eigenvalue weighted by molar-refractivity contribution is 5.76. The van der Waals surface area contributed by atoms with E-state index in [1.165, 1.54) is 0 Å². The fourth-order valence-corrected chi connectivity index (χ4v) is 1.88. The van der Waals surface area contributed by atoms with Gasteiger partial charge < -0.3 is 15.6 Å². The molecule has 3 rings (SSSR count). The van der Waals surface area contributed by atoms with Crippen LogP contribution < -0.4 is 15.2 Å². The second-order valence-corrected chi connectivity index (χ2v) is 4.36. The van der Waals surface area contributed by atoms with E-state index in [9.17, 15) is 0 Å². The van der Waals surface area contributed by atoms with Gasteiger partial charge in [-0.25, -0.2) is 9.55 Å². The molecule has 96 valence electrons. The molecule has 7 heteroatoms. The summed E-state index contributed by atoms with van der Waals surface area (Å²) in [5.74, 6) is 0.880. The number of hydrogen-bond acceptors (Lipinski definition) is 5. The quantitative estimate of drug-likeness (QED) is 0.643. The number of anilines is 2. The van der Waals surface area contributed by atoms with Crippen LogP contribution in [0.2, 0.25) is 0 Å². The molecule has 3 aromatic rings. The van der Waals surface area contributed by atoms with Crippen LogP contribution in [-0.2, 0) is 0 Å². The van der Waals surface area contributed by atoms with Gasteiger partial charge in [-0.2, -0.15) is 4.98 Å². The first kappa shape index (κ1) is 11.4. The third kappa shape index (κ3) is 1.95. The minimum Gasteiger partial charge on any atom is -0.377 e. The number of pyridine rings is 1. The monoisotopic (exact) mass is 256 g/mol. The summed E-state index contributed by atoms with van der Waals surface area (Å²) in [7, 11) is 3.99. The fraction of sp³-hybridized carbons (Fsp3) is 0.167. The molecule has 0 aromatic carbocycles. The first-order valence-corrected chi connectivity index (χ1v) is 5.81. The summed E-state index contributed by atoms with van der Waals surface area (Å²) in [6.45, 7) is 0. The van der Waals surface area contributed by atoms with E-state index in [4.69, 9.17) is 5.73 Å². The first-order chi connectivity index (χ1) is 9.15. The van der Waals surface area contributed by atoms with E-state index in [-0.39, 0.29) is 5.95 Å². The number of aromatic nitrogens is 5. The lowest BCUT2D eigenvalue weighted by Gasteiger charge is -2.11. The molecule has 0 radical (unpaired) electrons. The molecule has 0 spiro atoms. The average Bonchev–Trinajstić information content (AvgIpc) is 2.85. The van der Waals surface area contributed by atoms with Gasteiger partial charge in [0.25, 0.3) is 0 Å². The van der Waals surface area contributed by atoms with E-state index in [0.29, 0.717) is 17.0 Å². The van der Waals surface area contributed by atoms with Gasteiger partial charge in [0, 0.05) is 36.9 Å². The van der Waals surface area contributed by atoms with E-state index in [1.54, 1.807) is 6.33 Å². The number of hydrogen-bond donors (Lipinski definition) is 2. The molecule has 0 atom stereocenters. The summed E-state index contributed by atoms with van der Waals surface area (Å²) in [6, 6.07) is 3.99. The van der Waals surface area contributed by atoms with Crippen molar-refractivity contribution in [1.29, 1.82) is 0 Å². The molecule has 0 amide bonds. The van der Waals surface area contributed by atoms with Gasteiger partial charge in [-0.3, -0.25) is 0 Å². The molecule has 19 heavy (non-hydrogen) atoms. The van der Waals surface area contributed by atoms with Crippen molar-refractivity contribution in [3.8, 4) is 5.82 Å². The van der Waals surface area contributed by atoms with E-state index in [1.807, 2.05) is 48.1 Å². The molecule has 7 nitrogen and oxygen atoms in total.